The zero-order chi connectivity index (χ0) is 13.8. The SMILES string of the molecule is CC(CC(N)CCc1nccn1C)CC(C)(C)C. The number of aromatic nitrogens is 2. The number of hydrogen-bond acceptors (Lipinski definition) is 2. The minimum atomic E-state index is 0.291. The van der Waals surface area contributed by atoms with Crippen molar-refractivity contribution in [3.05, 3.63) is 18.2 Å². The van der Waals surface area contributed by atoms with E-state index in [1.165, 1.54) is 6.42 Å². The van der Waals surface area contributed by atoms with E-state index in [1.54, 1.807) is 0 Å². The molecule has 0 fully saturated rings. The fourth-order valence-electron chi connectivity index (χ4n) is 2.72. The Morgan fingerprint density at radius 1 is 1.39 bits per heavy atom. The van der Waals surface area contributed by atoms with E-state index in [0.717, 1.165) is 25.1 Å². The third kappa shape index (κ3) is 5.67. The summed E-state index contributed by atoms with van der Waals surface area (Å²) in [4.78, 5) is 4.33. The van der Waals surface area contributed by atoms with E-state index in [2.05, 4.69) is 37.2 Å². The standard InChI is InChI=1S/C15H29N3/c1-12(11-15(2,3)4)10-13(16)6-7-14-17-8-9-18(14)5/h8-9,12-13H,6-7,10-11,16H2,1-5H3. The van der Waals surface area contributed by atoms with Gasteiger partial charge in [-0.2, -0.15) is 0 Å². The molecule has 2 unspecified atom stereocenters. The van der Waals surface area contributed by atoms with Gasteiger partial charge in [0.2, 0.25) is 0 Å². The van der Waals surface area contributed by atoms with Gasteiger partial charge >= 0.3 is 0 Å². The Hall–Kier alpha value is -0.830. The van der Waals surface area contributed by atoms with Crippen LogP contribution in [0.5, 0.6) is 0 Å². The number of imidazole rings is 1. The van der Waals surface area contributed by atoms with Crippen LogP contribution in [0, 0.1) is 11.3 Å². The van der Waals surface area contributed by atoms with E-state index in [9.17, 15) is 0 Å². The van der Waals surface area contributed by atoms with E-state index in [4.69, 9.17) is 5.73 Å². The van der Waals surface area contributed by atoms with Gasteiger partial charge in [-0.25, -0.2) is 4.98 Å². The second kappa shape index (κ2) is 6.37. The molecule has 1 aromatic rings. The van der Waals surface area contributed by atoms with Crippen molar-refractivity contribution in [3.8, 4) is 0 Å². The number of aryl methyl sites for hydroxylation is 2. The predicted octanol–water partition coefficient (Wildman–Crippen LogP) is 3.14. The molecular formula is C15H29N3. The first-order valence-electron chi connectivity index (χ1n) is 6.99. The lowest BCUT2D eigenvalue weighted by molar-refractivity contribution is 0.282. The van der Waals surface area contributed by atoms with Crippen molar-refractivity contribution in [2.24, 2.45) is 24.1 Å². The first-order chi connectivity index (χ1) is 8.28. The highest BCUT2D eigenvalue weighted by molar-refractivity contribution is 4.91. The van der Waals surface area contributed by atoms with Gasteiger partial charge in [0.1, 0.15) is 5.82 Å². The van der Waals surface area contributed by atoms with Gasteiger partial charge in [0.15, 0.2) is 0 Å². The maximum absolute atomic E-state index is 6.22. The van der Waals surface area contributed by atoms with E-state index < -0.39 is 0 Å². The molecule has 0 aromatic carbocycles. The maximum atomic E-state index is 6.22. The first-order valence-corrected chi connectivity index (χ1v) is 6.99. The summed E-state index contributed by atoms with van der Waals surface area (Å²) >= 11 is 0. The first kappa shape index (κ1) is 15.2. The molecule has 2 atom stereocenters. The Morgan fingerprint density at radius 2 is 2.06 bits per heavy atom. The van der Waals surface area contributed by atoms with Gasteiger partial charge in [0.25, 0.3) is 0 Å². The largest absolute Gasteiger partial charge is 0.338 e. The van der Waals surface area contributed by atoms with Crippen LogP contribution >= 0.6 is 0 Å². The van der Waals surface area contributed by atoms with Crippen molar-refractivity contribution in [3.63, 3.8) is 0 Å². The monoisotopic (exact) mass is 251 g/mol. The zero-order valence-corrected chi connectivity index (χ0v) is 12.6. The van der Waals surface area contributed by atoms with Crippen LogP contribution in [0.4, 0.5) is 0 Å². The topological polar surface area (TPSA) is 43.8 Å². The summed E-state index contributed by atoms with van der Waals surface area (Å²) in [5, 5.41) is 0. The molecule has 104 valence electrons. The van der Waals surface area contributed by atoms with Crippen LogP contribution in [0.25, 0.3) is 0 Å². The molecule has 3 nitrogen and oxygen atoms in total. The zero-order valence-electron chi connectivity index (χ0n) is 12.6. The van der Waals surface area contributed by atoms with Crippen molar-refractivity contribution in [1.82, 2.24) is 9.55 Å². The van der Waals surface area contributed by atoms with Gasteiger partial charge in [-0.15, -0.1) is 0 Å². The third-order valence-corrected chi connectivity index (χ3v) is 3.33. The minimum absolute atomic E-state index is 0.291. The van der Waals surface area contributed by atoms with Crippen molar-refractivity contribution < 1.29 is 0 Å². The second-order valence-electron chi connectivity index (χ2n) is 6.86. The smallest absolute Gasteiger partial charge is 0.108 e. The molecule has 0 aliphatic rings. The average molecular weight is 251 g/mol. The molecule has 1 heterocycles. The molecule has 0 saturated heterocycles. The lowest BCUT2D eigenvalue weighted by atomic mass is 9.82. The quantitative estimate of drug-likeness (QED) is 0.844. The molecule has 18 heavy (non-hydrogen) atoms. The van der Waals surface area contributed by atoms with Crippen LogP contribution in [-0.4, -0.2) is 15.6 Å². The maximum Gasteiger partial charge on any atom is 0.108 e. The van der Waals surface area contributed by atoms with E-state index in [0.29, 0.717) is 17.4 Å². The summed E-state index contributed by atoms with van der Waals surface area (Å²) in [5.74, 6) is 1.83. The van der Waals surface area contributed by atoms with Gasteiger partial charge in [0.05, 0.1) is 0 Å². The summed E-state index contributed by atoms with van der Waals surface area (Å²) < 4.78 is 2.07. The van der Waals surface area contributed by atoms with Gasteiger partial charge in [-0.05, 0) is 30.6 Å². The molecule has 3 heteroatoms. The Kier molecular flexibility index (Phi) is 5.39. The molecule has 1 aromatic heterocycles. The molecule has 1 rings (SSSR count). The molecular weight excluding hydrogens is 222 g/mol. The third-order valence-electron chi connectivity index (χ3n) is 3.33. The lowest BCUT2D eigenvalue weighted by Crippen LogP contribution is -2.25. The van der Waals surface area contributed by atoms with E-state index in [-0.39, 0.29) is 0 Å². The van der Waals surface area contributed by atoms with Crippen molar-refractivity contribution in [2.45, 2.75) is 59.4 Å². The molecule has 0 amide bonds. The van der Waals surface area contributed by atoms with E-state index in [1.807, 2.05) is 19.4 Å². The second-order valence-corrected chi connectivity index (χ2v) is 6.86. The molecule has 0 aliphatic heterocycles. The summed E-state index contributed by atoms with van der Waals surface area (Å²) in [5.41, 5.74) is 6.62. The number of nitrogens with zero attached hydrogens (tertiary/aromatic N) is 2. The molecule has 0 spiro atoms. The van der Waals surface area contributed by atoms with Crippen LogP contribution in [0.3, 0.4) is 0 Å². The molecule has 0 radical (unpaired) electrons. The Bertz CT molecular complexity index is 349. The molecule has 0 bridgehead atoms. The Balaban J connectivity index is 2.29. The summed E-state index contributed by atoms with van der Waals surface area (Å²) in [7, 11) is 2.04. The summed E-state index contributed by atoms with van der Waals surface area (Å²) in [6.45, 7) is 9.20. The average Bonchev–Trinajstić information content (AvgIpc) is 2.57. The fourth-order valence-corrected chi connectivity index (χ4v) is 2.72. The molecule has 0 saturated carbocycles. The normalized spacial score (nSPS) is 15.7. The number of nitrogens with two attached hydrogens (primary N) is 1. The van der Waals surface area contributed by atoms with Gasteiger partial charge in [0, 0.05) is 31.9 Å². The van der Waals surface area contributed by atoms with E-state index >= 15 is 0 Å². The lowest BCUT2D eigenvalue weighted by Gasteiger charge is -2.25. The van der Waals surface area contributed by atoms with Crippen LogP contribution in [0.15, 0.2) is 12.4 Å². The summed E-state index contributed by atoms with van der Waals surface area (Å²) in [6, 6.07) is 0.291. The van der Waals surface area contributed by atoms with Crippen molar-refractivity contribution >= 4 is 0 Å². The van der Waals surface area contributed by atoms with Gasteiger partial charge in [-0.3, -0.25) is 0 Å². The highest BCUT2D eigenvalue weighted by Crippen LogP contribution is 2.26. The Morgan fingerprint density at radius 3 is 2.56 bits per heavy atom. The van der Waals surface area contributed by atoms with Gasteiger partial charge < -0.3 is 10.3 Å². The highest BCUT2D eigenvalue weighted by atomic mass is 15.0. The molecule has 0 aliphatic carbocycles. The van der Waals surface area contributed by atoms with Crippen LogP contribution in [-0.2, 0) is 13.5 Å². The number of rotatable bonds is 6. The van der Waals surface area contributed by atoms with Crippen LogP contribution in [0.1, 0.15) is 52.8 Å². The Labute approximate surface area is 112 Å². The van der Waals surface area contributed by atoms with Gasteiger partial charge in [-0.1, -0.05) is 27.7 Å². The summed E-state index contributed by atoms with van der Waals surface area (Å²) in [6.07, 6.45) is 8.20. The fraction of sp³-hybridized carbons (Fsp3) is 0.800. The number of hydrogen-bond donors (Lipinski definition) is 1. The van der Waals surface area contributed by atoms with Crippen LogP contribution < -0.4 is 5.73 Å². The van der Waals surface area contributed by atoms with Crippen molar-refractivity contribution in [1.29, 1.82) is 0 Å². The predicted molar refractivity (Wildman–Crippen MR) is 77.4 cm³/mol. The van der Waals surface area contributed by atoms with Crippen molar-refractivity contribution in [2.75, 3.05) is 0 Å². The highest BCUT2D eigenvalue weighted by Gasteiger charge is 2.17. The molecule has 2 N–H and O–H groups in total. The van der Waals surface area contributed by atoms with Crippen LogP contribution in [0.2, 0.25) is 0 Å². The minimum Gasteiger partial charge on any atom is -0.338 e.